The third kappa shape index (κ3) is 3.20. The first kappa shape index (κ1) is 12.4. The molecule has 0 amide bonds. The lowest BCUT2D eigenvalue weighted by atomic mass is 10.2. The lowest BCUT2D eigenvalue weighted by Gasteiger charge is -2.04. The standard InChI is InChI=1S/C11H11ClO4S/c12-8-3-7(5-17-2-1-10(13)14)4-9-11(8)16-6-15-9/h3-4H,1-2,5-6H2,(H,13,14). The number of halogens is 1. The first-order valence-corrected chi connectivity index (χ1v) is 6.57. The molecular formula is C11H11ClO4S. The minimum atomic E-state index is -0.777. The Kier molecular flexibility index (Phi) is 4.02. The highest BCUT2D eigenvalue weighted by Crippen LogP contribution is 2.40. The fraction of sp³-hybridized carbons (Fsp3) is 0.364. The molecule has 0 saturated carbocycles. The topological polar surface area (TPSA) is 55.8 Å². The molecule has 0 aliphatic carbocycles. The number of thioether (sulfide) groups is 1. The highest BCUT2D eigenvalue weighted by Gasteiger charge is 2.18. The molecule has 1 aromatic carbocycles. The molecule has 0 saturated heterocycles. The van der Waals surface area contributed by atoms with E-state index >= 15 is 0 Å². The maximum absolute atomic E-state index is 10.3. The minimum Gasteiger partial charge on any atom is -0.481 e. The van der Waals surface area contributed by atoms with Gasteiger partial charge in [-0.3, -0.25) is 4.79 Å². The van der Waals surface area contributed by atoms with Crippen LogP contribution >= 0.6 is 23.4 Å². The van der Waals surface area contributed by atoms with E-state index in [1.807, 2.05) is 12.1 Å². The highest BCUT2D eigenvalue weighted by atomic mass is 35.5. The Labute approximate surface area is 108 Å². The first-order valence-electron chi connectivity index (χ1n) is 5.04. The second-order valence-corrected chi connectivity index (χ2v) is 5.02. The van der Waals surface area contributed by atoms with Gasteiger partial charge in [0.2, 0.25) is 6.79 Å². The van der Waals surface area contributed by atoms with Crippen LogP contribution < -0.4 is 9.47 Å². The van der Waals surface area contributed by atoms with Crippen LogP contribution in [-0.4, -0.2) is 23.6 Å². The van der Waals surface area contributed by atoms with E-state index in [9.17, 15) is 4.79 Å². The van der Waals surface area contributed by atoms with Gasteiger partial charge in [0.1, 0.15) is 0 Å². The normalized spacial score (nSPS) is 12.8. The molecule has 17 heavy (non-hydrogen) atoms. The Bertz CT molecular complexity index is 436. The van der Waals surface area contributed by atoms with Crippen LogP contribution in [0.15, 0.2) is 12.1 Å². The molecule has 0 spiro atoms. The molecule has 1 aliphatic rings. The number of carbonyl (C=O) groups is 1. The summed E-state index contributed by atoms with van der Waals surface area (Å²) in [6.07, 6.45) is 0.170. The Balaban J connectivity index is 1.93. The molecule has 4 nitrogen and oxygen atoms in total. The van der Waals surface area contributed by atoms with E-state index < -0.39 is 5.97 Å². The van der Waals surface area contributed by atoms with Gasteiger partial charge in [-0.1, -0.05) is 11.6 Å². The molecule has 2 rings (SSSR count). The SMILES string of the molecule is O=C(O)CCSCc1cc(Cl)c2c(c1)OCO2. The van der Waals surface area contributed by atoms with Gasteiger partial charge in [-0.05, 0) is 17.7 Å². The van der Waals surface area contributed by atoms with Crippen LogP contribution in [0, 0.1) is 0 Å². The lowest BCUT2D eigenvalue weighted by Crippen LogP contribution is -1.96. The quantitative estimate of drug-likeness (QED) is 0.837. The van der Waals surface area contributed by atoms with Crippen molar-refractivity contribution in [2.24, 2.45) is 0 Å². The summed E-state index contributed by atoms with van der Waals surface area (Å²) >= 11 is 7.58. The minimum absolute atomic E-state index is 0.170. The summed E-state index contributed by atoms with van der Waals surface area (Å²) < 4.78 is 10.5. The molecule has 1 N–H and O–H groups in total. The molecule has 6 heteroatoms. The number of ether oxygens (including phenoxy) is 2. The van der Waals surface area contributed by atoms with Gasteiger partial charge >= 0.3 is 5.97 Å². The van der Waals surface area contributed by atoms with Crippen molar-refractivity contribution in [3.8, 4) is 11.5 Å². The van der Waals surface area contributed by atoms with E-state index in [-0.39, 0.29) is 13.2 Å². The van der Waals surface area contributed by atoms with Crippen molar-refractivity contribution in [2.45, 2.75) is 12.2 Å². The van der Waals surface area contributed by atoms with Crippen molar-refractivity contribution >= 4 is 29.3 Å². The predicted octanol–water partition coefficient (Wildman–Crippen LogP) is 2.78. The fourth-order valence-electron chi connectivity index (χ4n) is 1.45. The number of hydrogen-bond donors (Lipinski definition) is 1. The molecule has 1 aliphatic heterocycles. The molecular weight excluding hydrogens is 264 g/mol. The average Bonchev–Trinajstić information content (AvgIpc) is 2.72. The van der Waals surface area contributed by atoms with Crippen molar-refractivity contribution in [3.63, 3.8) is 0 Å². The van der Waals surface area contributed by atoms with Gasteiger partial charge in [-0.25, -0.2) is 0 Å². The van der Waals surface area contributed by atoms with E-state index in [0.717, 1.165) is 5.56 Å². The van der Waals surface area contributed by atoms with Gasteiger partial charge in [0.15, 0.2) is 11.5 Å². The first-order chi connectivity index (χ1) is 8.16. The zero-order valence-corrected chi connectivity index (χ0v) is 10.5. The number of hydrogen-bond acceptors (Lipinski definition) is 4. The van der Waals surface area contributed by atoms with Crippen molar-refractivity contribution in [1.29, 1.82) is 0 Å². The molecule has 0 fully saturated rings. The Morgan fingerprint density at radius 1 is 1.47 bits per heavy atom. The number of carboxylic acids is 1. The van der Waals surface area contributed by atoms with Gasteiger partial charge < -0.3 is 14.6 Å². The van der Waals surface area contributed by atoms with Crippen molar-refractivity contribution < 1.29 is 19.4 Å². The molecule has 0 radical (unpaired) electrons. The van der Waals surface area contributed by atoms with Crippen LogP contribution in [0.4, 0.5) is 0 Å². The van der Waals surface area contributed by atoms with Gasteiger partial charge in [-0.15, -0.1) is 0 Å². The summed E-state index contributed by atoms with van der Waals surface area (Å²) in [6, 6.07) is 3.70. The van der Waals surface area contributed by atoms with Gasteiger partial charge in [0.25, 0.3) is 0 Å². The van der Waals surface area contributed by atoms with Crippen molar-refractivity contribution in [3.05, 3.63) is 22.7 Å². The molecule has 1 aromatic rings. The smallest absolute Gasteiger partial charge is 0.304 e. The van der Waals surface area contributed by atoms with E-state index in [4.69, 9.17) is 26.2 Å². The van der Waals surface area contributed by atoms with E-state index in [1.165, 1.54) is 0 Å². The van der Waals surface area contributed by atoms with Gasteiger partial charge in [-0.2, -0.15) is 11.8 Å². The molecule has 0 atom stereocenters. The van der Waals surface area contributed by atoms with E-state index in [2.05, 4.69) is 0 Å². The summed E-state index contributed by atoms with van der Waals surface area (Å²) in [7, 11) is 0. The maximum atomic E-state index is 10.3. The second-order valence-electron chi connectivity index (χ2n) is 3.51. The van der Waals surface area contributed by atoms with E-state index in [1.54, 1.807) is 11.8 Å². The van der Waals surface area contributed by atoms with Gasteiger partial charge in [0, 0.05) is 11.5 Å². The molecule has 0 bridgehead atoms. The van der Waals surface area contributed by atoms with Crippen LogP contribution in [0.25, 0.3) is 0 Å². The third-order valence-corrected chi connectivity index (χ3v) is 3.53. The molecule has 0 aromatic heterocycles. The second kappa shape index (κ2) is 5.51. The van der Waals surface area contributed by atoms with Crippen LogP contribution in [0.3, 0.4) is 0 Å². The Hall–Kier alpha value is -1.07. The summed E-state index contributed by atoms with van der Waals surface area (Å²) in [5.41, 5.74) is 1.01. The van der Waals surface area contributed by atoms with Crippen LogP contribution in [-0.2, 0) is 10.5 Å². The van der Waals surface area contributed by atoms with Crippen LogP contribution in [0.5, 0.6) is 11.5 Å². The summed E-state index contributed by atoms with van der Waals surface area (Å²) in [6.45, 7) is 0.199. The predicted molar refractivity (Wildman–Crippen MR) is 66.0 cm³/mol. The maximum Gasteiger partial charge on any atom is 0.304 e. The molecule has 0 unspecified atom stereocenters. The number of benzene rings is 1. The zero-order valence-electron chi connectivity index (χ0n) is 8.94. The number of fused-ring (bicyclic) bond motifs is 1. The fourth-order valence-corrected chi connectivity index (χ4v) is 2.61. The summed E-state index contributed by atoms with van der Waals surface area (Å²) in [5, 5.41) is 9.05. The Morgan fingerprint density at radius 3 is 3.06 bits per heavy atom. The monoisotopic (exact) mass is 274 g/mol. The Morgan fingerprint density at radius 2 is 2.29 bits per heavy atom. The lowest BCUT2D eigenvalue weighted by molar-refractivity contribution is -0.136. The molecule has 1 heterocycles. The van der Waals surface area contributed by atoms with Crippen molar-refractivity contribution in [2.75, 3.05) is 12.5 Å². The number of aliphatic carboxylic acids is 1. The molecule has 92 valence electrons. The number of rotatable bonds is 5. The van der Waals surface area contributed by atoms with Crippen LogP contribution in [0.1, 0.15) is 12.0 Å². The van der Waals surface area contributed by atoms with Crippen LogP contribution in [0.2, 0.25) is 5.02 Å². The largest absolute Gasteiger partial charge is 0.481 e. The van der Waals surface area contributed by atoms with Crippen molar-refractivity contribution in [1.82, 2.24) is 0 Å². The highest BCUT2D eigenvalue weighted by molar-refractivity contribution is 7.98. The number of carboxylic acid groups (broad SMARTS) is 1. The third-order valence-electron chi connectivity index (χ3n) is 2.22. The average molecular weight is 275 g/mol. The zero-order chi connectivity index (χ0) is 12.3. The van der Waals surface area contributed by atoms with E-state index in [0.29, 0.717) is 28.0 Å². The summed E-state index contributed by atoms with van der Waals surface area (Å²) in [4.78, 5) is 10.3. The summed E-state index contributed by atoms with van der Waals surface area (Å²) in [5.74, 6) is 1.77. The van der Waals surface area contributed by atoms with Gasteiger partial charge in [0.05, 0.1) is 11.4 Å².